The Morgan fingerprint density at radius 1 is 0.882 bits per heavy atom. The Kier molecular flexibility index (Phi) is 7.52. The zero-order chi connectivity index (χ0) is 23.9. The number of benzene rings is 2. The number of nitrogens with two attached hydrogens (primary N) is 1. The molecule has 34 heavy (non-hydrogen) atoms. The summed E-state index contributed by atoms with van der Waals surface area (Å²) >= 11 is 0. The van der Waals surface area contributed by atoms with E-state index in [1.807, 2.05) is 41.1 Å². The lowest BCUT2D eigenvalue weighted by atomic mass is 10.1. The van der Waals surface area contributed by atoms with Crippen LogP contribution in [0.2, 0.25) is 0 Å². The van der Waals surface area contributed by atoms with Gasteiger partial charge in [0.15, 0.2) is 5.78 Å². The van der Waals surface area contributed by atoms with E-state index in [0.717, 1.165) is 22.8 Å². The highest BCUT2D eigenvalue weighted by molar-refractivity contribution is 5.92. The normalized spacial score (nSPS) is 11.2. The van der Waals surface area contributed by atoms with E-state index in [-0.39, 0.29) is 18.9 Å². The van der Waals surface area contributed by atoms with Gasteiger partial charge < -0.3 is 24.9 Å². The summed E-state index contributed by atoms with van der Waals surface area (Å²) in [5, 5.41) is 4.60. The van der Waals surface area contributed by atoms with Gasteiger partial charge in [-0.2, -0.15) is 0 Å². The number of aromatic nitrogens is 2. The Morgan fingerprint density at radius 2 is 1.59 bits per heavy atom. The van der Waals surface area contributed by atoms with Crippen LogP contribution >= 0.6 is 0 Å². The molecule has 7 nitrogen and oxygen atoms in total. The fraction of sp³-hybridized carbons (Fsp3) is 0.333. The Hall–Kier alpha value is -3.74. The number of ketones is 1. The van der Waals surface area contributed by atoms with Gasteiger partial charge in [0.1, 0.15) is 12.4 Å². The second-order valence-corrected chi connectivity index (χ2v) is 8.68. The molecule has 0 fully saturated rings. The minimum absolute atomic E-state index is 0.00459. The van der Waals surface area contributed by atoms with Gasteiger partial charge in [0.2, 0.25) is 0 Å². The van der Waals surface area contributed by atoms with Gasteiger partial charge in [-0.1, -0.05) is 32.6 Å². The van der Waals surface area contributed by atoms with Crippen molar-refractivity contribution in [3.63, 3.8) is 0 Å². The molecule has 2 aromatic heterocycles. The largest absolute Gasteiger partial charge is 0.486 e. The molecule has 7 heteroatoms. The van der Waals surface area contributed by atoms with E-state index in [2.05, 4.69) is 35.1 Å². The third-order valence-corrected chi connectivity index (χ3v) is 6.03. The van der Waals surface area contributed by atoms with E-state index in [9.17, 15) is 9.59 Å². The lowest BCUT2D eigenvalue weighted by Gasteiger charge is -2.09. The smallest absolute Gasteiger partial charge is 0.316 e. The summed E-state index contributed by atoms with van der Waals surface area (Å²) in [6.45, 7) is 3.47. The van der Waals surface area contributed by atoms with Gasteiger partial charge in [0.25, 0.3) is 0 Å². The number of fused-ring (bicyclic) bond motifs is 2. The molecule has 0 atom stereocenters. The van der Waals surface area contributed by atoms with Gasteiger partial charge in [-0.25, -0.2) is 4.79 Å². The maximum Gasteiger partial charge on any atom is 0.316 e. The summed E-state index contributed by atoms with van der Waals surface area (Å²) < 4.78 is 9.96. The topological polar surface area (TPSA) is 91.3 Å². The molecule has 4 aromatic rings. The first kappa shape index (κ1) is 23.4. The van der Waals surface area contributed by atoms with Gasteiger partial charge in [0.05, 0.1) is 6.54 Å². The fourth-order valence-electron chi connectivity index (χ4n) is 4.31. The van der Waals surface area contributed by atoms with Gasteiger partial charge in [-0.15, -0.1) is 0 Å². The Morgan fingerprint density at radius 3 is 2.38 bits per heavy atom. The molecule has 0 aliphatic rings. The van der Waals surface area contributed by atoms with Crippen LogP contribution in [0, 0.1) is 0 Å². The third-order valence-electron chi connectivity index (χ3n) is 6.03. The molecule has 0 saturated carbocycles. The average Bonchev–Trinajstić information content (AvgIpc) is 3.40. The molecule has 2 heterocycles. The van der Waals surface area contributed by atoms with Crippen molar-refractivity contribution >= 4 is 39.3 Å². The van der Waals surface area contributed by atoms with Gasteiger partial charge in [0, 0.05) is 46.4 Å². The Balaban J connectivity index is 1.32. The summed E-state index contributed by atoms with van der Waals surface area (Å²) in [6, 6.07) is 14.8. The van der Waals surface area contributed by atoms with Crippen molar-refractivity contribution in [2.45, 2.75) is 52.1 Å². The van der Waals surface area contributed by atoms with Crippen LogP contribution in [0.5, 0.6) is 5.75 Å². The maximum atomic E-state index is 12.6. The van der Waals surface area contributed by atoms with Crippen LogP contribution in [0.3, 0.4) is 0 Å². The summed E-state index contributed by atoms with van der Waals surface area (Å²) in [6.07, 6.45) is 10.3. The number of urea groups is 1. The van der Waals surface area contributed by atoms with Crippen molar-refractivity contribution in [2.75, 3.05) is 11.9 Å². The first-order valence-corrected chi connectivity index (χ1v) is 11.9. The van der Waals surface area contributed by atoms with E-state index >= 15 is 0 Å². The Bertz CT molecular complexity index is 1290. The van der Waals surface area contributed by atoms with Crippen LogP contribution < -0.4 is 15.8 Å². The van der Waals surface area contributed by atoms with Gasteiger partial charge >= 0.3 is 6.03 Å². The Labute approximate surface area is 199 Å². The second-order valence-electron chi connectivity index (χ2n) is 8.68. The predicted octanol–water partition coefficient (Wildman–Crippen LogP) is 5.71. The number of carbonyl (C=O) groups excluding carboxylic acids is 2. The molecule has 4 rings (SSSR count). The van der Waals surface area contributed by atoms with Crippen molar-refractivity contribution in [2.24, 2.45) is 5.73 Å². The van der Waals surface area contributed by atoms with E-state index in [1.54, 1.807) is 6.07 Å². The summed E-state index contributed by atoms with van der Waals surface area (Å²) in [7, 11) is 0. The molecule has 0 bridgehead atoms. The number of primary amides is 1. The summed E-state index contributed by atoms with van der Waals surface area (Å²) in [4.78, 5) is 23.6. The number of nitrogens with zero attached hydrogens (tertiary/aromatic N) is 2. The van der Waals surface area contributed by atoms with E-state index < -0.39 is 6.03 Å². The molecule has 3 N–H and O–H groups in total. The molecule has 2 amide bonds. The number of Topliss-reactive ketones (excluding diaryl/α,β-unsaturated/α-hetero) is 1. The van der Waals surface area contributed by atoms with Crippen molar-refractivity contribution < 1.29 is 14.3 Å². The third kappa shape index (κ3) is 5.78. The molecule has 178 valence electrons. The second kappa shape index (κ2) is 10.9. The number of amides is 2. The first-order valence-electron chi connectivity index (χ1n) is 11.9. The molecule has 0 radical (unpaired) electrons. The number of anilines is 1. The number of hydrogen-bond acceptors (Lipinski definition) is 3. The predicted molar refractivity (Wildman–Crippen MR) is 136 cm³/mol. The van der Waals surface area contributed by atoms with Crippen LogP contribution in [0.25, 0.3) is 21.8 Å². The summed E-state index contributed by atoms with van der Waals surface area (Å²) in [5.74, 6) is 0.669. The van der Waals surface area contributed by atoms with Crippen LogP contribution in [0.1, 0.15) is 39.0 Å². The quantitative estimate of drug-likeness (QED) is 0.266. The monoisotopic (exact) mass is 460 g/mol. The zero-order valence-corrected chi connectivity index (χ0v) is 19.6. The number of rotatable bonds is 12. The van der Waals surface area contributed by atoms with E-state index in [0.29, 0.717) is 11.4 Å². The first-order chi connectivity index (χ1) is 16.5. The van der Waals surface area contributed by atoms with Crippen molar-refractivity contribution in [3.05, 3.63) is 60.9 Å². The van der Waals surface area contributed by atoms with E-state index in [1.165, 1.54) is 37.6 Å². The van der Waals surface area contributed by atoms with Gasteiger partial charge in [-0.3, -0.25) is 4.79 Å². The van der Waals surface area contributed by atoms with Crippen LogP contribution in [-0.4, -0.2) is 27.6 Å². The molecule has 0 aliphatic carbocycles. The van der Waals surface area contributed by atoms with Gasteiger partial charge in [-0.05, 0) is 55.0 Å². The molecule has 0 spiro atoms. The molecule has 0 unspecified atom stereocenters. The number of hydrogen-bond donors (Lipinski definition) is 2. The number of aryl methyl sites for hydroxylation is 1. The summed E-state index contributed by atoms with van der Waals surface area (Å²) in [5.41, 5.74) is 7.89. The van der Waals surface area contributed by atoms with Crippen LogP contribution in [0.15, 0.2) is 60.9 Å². The molecular weight excluding hydrogens is 428 g/mol. The zero-order valence-electron chi connectivity index (χ0n) is 19.6. The van der Waals surface area contributed by atoms with E-state index in [4.69, 9.17) is 10.5 Å². The average molecular weight is 461 g/mol. The molecular formula is C27H32N4O3. The minimum Gasteiger partial charge on any atom is -0.486 e. The highest BCUT2D eigenvalue weighted by atomic mass is 16.5. The number of carbonyl (C=O) groups is 2. The molecule has 2 aromatic carbocycles. The highest BCUT2D eigenvalue weighted by Crippen LogP contribution is 2.23. The van der Waals surface area contributed by atoms with Crippen molar-refractivity contribution in [3.8, 4) is 5.75 Å². The number of unbranched alkanes of at least 4 members (excludes halogenated alkanes) is 4. The lowest BCUT2D eigenvalue weighted by molar-refractivity contribution is -0.121. The minimum atomic E-state index is -0.608. The standard InChI is InChI=1S/C27H32N4O3/c1-2-3-4-5-6-13-30-14-11-21-17-24(8-10-25(21)30)34-19-23(32)18-31-15-12-20-16-22(29-27(28)33)7-9-26(20)31/h7-12,14-17H,2-6,13,18-19H2,1H3,(H3,28,29,33). The lowest BCUT2D eigenvalue weighted by Crippen LogP contribution is -2.19. The molecule has 0 saturated heterocycles. The fourth-order valence-corrected chi connectivity index (χ4v) is 4.31. The van der Waals surface area contributed by atoms with Crippen molar-refractivity contribution in [1.29, 1.82) is 0 Å². The number of nitrogens with one attached hydrogen (secondary N) is 1. The molecule has 0 aliphatic heterocycles. The maximum absolute atomic E-state index is 12.6. The van der Waals surface area contributed by atoms with Crippen molar-refractivity contribution in [1.82, 2.24) is 9.13 Å². The SMILES string of the molecule is CCCCCCCn1ccc2cc(OCC(=O)Cn3ccc4cc(NC(N)=O)ccc43)ccc21. The number of ether oxygens (including phenoxy) is 1. The van der Waals surface area contributed by atoms with Crippen LogP contribution in [-0.2, 0) is 17.9 Å². The van der Waals surface area contributed by atoms with Crippen LogP contribution in [0.4, 0.5) is 10.5 Å². The highest BCUT2D eigenvalue weighted by Gasteiger charge is 2.10.